The Labute approximate surface area is 85.1 Å². The minimum Gasteiger partial charge on any atom is -0.318 e. The van der Waals surface area contributed by atoms with Crippen molar-refractivity contribution in [3.05, 3.63) is 38.5 Å². The van der Waals surface area contributed by atoms with Crippen molar-refractivity contribution in [1.29, 1.82) is 0 Å². The maximum Gasteiger partial charge on any atom is 0.115 e. The fraction of sp³-hybridized carbons (Fsp3) is 0.222. The number of thiazole rings is 1. The number of hydrogen-bond donors (Lipinski definition) is 1. The number of aryl methyl sites for hydroxylation is 1. The van der Waals surface area contributed by atoms with Crippen LogP contribution in [0, 0.1) is 6.92 Å². The Hall–Kier alpha value is -0.710. The molecule has 0 spiro atoms. The number of aromatic nitrogens is 1. The number of nitrogens with two attached hydrogens (primary N) is 1. The lowest BCUT2D eigenvalue weighted by Gasteiger charge is -2.03. The van der Waals surface area contributed by atoms with Crippen LogP contribution in [0.1, 0.15) is 21.6 Å². The summed E-state index contributed by atoms with van der Waals surface area (Å²) in [5, 5.41) is 5.07. The van der Waals surface area contributed by atoms with E-state index in [2.05, 4.69) is 4.98 Å². The fourth-order valence-electron chi connectivity index (χ4n) is 1.10. The van der Waals surface area contributed by atoms with Gasteiger partial charge in [-0.3, -0.25) is 0 Å². The van der Waals surface area contributed by atoms with Crippen LogP contribution in [0.3, 0.4) is 0 Å². The van der Waals surface area contributed by atoms with Gasteiger partial charge in [0.15, 0.2) is 0 Å². The highest BCUT2D eigenvalue weighted by Gasteiger charge is 2.12. The van der Waals surface area contributed by atoms with Crippen molar-refractivity contribution in [3.8, 4) is 0 Å². The molecule has 4 heteroatoms. The van der Waals surface area contributed by atoms with E-state index in [9.17, 15) is 0 Å². The molecule has 1 unspecified atom stereocenters. The van der Waals surface area contributed by atoms with Crippen molar-refractivity contribution >= 4 is 22.7 Å². The van der Waals surface area contributed by atoms with E-state index in [1.54, 1.807) is 22.7 Å². The molecule has 0 saturated heterocycles. The first kappa shape index (κ1) is 8.87. The van der Waals surface area contributed by atoms with Gasteiger partial charge < -0.3 is 5.73 Å². The van der Waals surface area contributed by atoms with E-state index in [-0.39, 0.29) is 6.04 Å². The van der Waals surface area contributed by atoms with Gasteiger partial charge in [0.2, 0.25) is 0 Å². The van der Waals surface area contributed by atoms with Crippen molar-refractivity contribution in [2.45, 2.75) is 13.0 Å². The van der Waals surface area contributed by atoms with Crippen LogP contribution in [0.15, 0.2) is 22.9 Å². The predicted molar refractivity (Wildman–Crippen MR) is 57.2 cm³/mol. The number of hydrogen-bond acceptors (Lipinski definition) is 4. The number of nitrogens with zero attached hydrogens (tertiary/aromatic N) is 1. The number of thiophene rings is 1. The largest absolute Gasteiger partial charge is 0.318 e. The third-order valence-electron chi connectivity index (χ3n) is 1.75. The van der Waals surface area contributed by atoms with Gasteiger partial charge in [0, 0.05) is 16.0 Å². The Morgan fingerprint density at radius 3 is 2.85 bits per heavy atom. The average Bonchev–Trinajstić information content (AvgIpc) is 2.72. The highest BCUT2D eigenvalue weighted by atomic mass is 32.1. The molecule has 1 atom stereocenters. The molecule has 0 aliphatic heterocycles. The Morgan fingerprint density at radius 2 is 2.31 bits per heavy atom. The van der Waals surface area contributed by atoms with E-state index < -0.39 is 0 Å². The van der Waals surface area contributed by atoms with E-state index >= 15 is 0 Å². The molecule has 2 N–H and O–H groups in total. The maximum atomic E-state index is 6.03. The highest BCUT2D eigenvalue weighted by molar-refractivity contribution is 7.11. The number of rotatable bonds is 2. The smallest absolute Gasteiger partial charge is 0.115 e. The monoisotopic (exact) mass is 210 g/mol. The van der Waals surface area contributed by atoms with Gasteiger partial charge >= 0.3 is 0 Å². The summed E-state index contributed by atoms with van der Waals surface area (Å²) in [5.41, 5.74) is 7.08. The molecule has 0 aromatic carbocycles. The summed E-state index contributed by atoms with van der Waals surface area (Å²) in [6.45, 7) is 1.99. The van der Waals surface area contributed by atoms with E-state index in [1.165, 1.54) is 4.88 Å². The minimum absolute atomic E-state index is 0.0429. The zero-order chi connectivity index (χ0) is 9.26. The Morgan fingerprint density at radius 1 is 1.46 bits per heavy atom. The van der Waals surface area contributed by atoms with Crippen LogP contribution in [0.5, 0.6) is 0 Å². The molecule has 0 aliphatic carbocycles. The van der Waals surface area contributed by atoms with E-state index in [0.29, 0.717) is 0 Å². The van der Waals surface area contributed by atoms with E-state index in [4.69, 9.17) is 5.73 Å². The first-order valence-corrected chi connectivity index (χ1v) is 5.74. The highest BCUT2D eigenvalue weighted by Crippen LogP contribution is 2.25. The van der Waals surface area contributed by atoms with Gasteiger partial charge in [-0.2, -0.15) is 0 Å². The standard InChI is InChI=1S/C9H10N2S2/c1-6-5-13-9(11-6)8(10)7-3-2-4-12-7/h2-5,8H,10H2,1H3. The summed E-state index contributed by atoms with van der Waals surface area (Å²) in [6.07, 6.45) is 0. The Kier molecular flexibility index (Phi) is 2.44. The molecule has 2 rings (SSSR count). The molecule has 0 fully saturated rings. The summed E-state index contributed by atoms with van der Waals surface area (Å²) in [7, 11) is 0. The van der Waals surface area contributed by atoms with E-state index in [0.717, 1.165) is 10.7 Å². The molecule has 2 heterocycles. The van der Waals surface area contributed by atoms with Crippen molar-refractivity contribution in [1.82, 2.24) is 4.98 Å². The van der Waals surface area contributed by atoms with Gasteiger partial charge in [-0.15, -0.1) is 22.7 Å². The zero-order valence-corrected chi connectivity index (χ0v) is 8.86. The summed E-state index contributed by atoms with van der Waals surface area (Å²) in [6, 6.07) is 4.02. The molecule has 2 aromatic rings. The lowest BCUT2D eigenvalue weighted by atomic mass is 10.3. The second kappa shape index (κ2) is 3.57. The van der Waals surface area contributed by atoms with Crippen molar-refractivity contribution in [2.24, 2.45) is 5.73 Å². The normalized spacial score (nSPS) is 13.1. The van der Waals surface area contributed by atoms with Gasteiger partial charge in [-0.05, 0) is 18.4 Å². The van der Waals surface area contributed by atoms with Gasteiger partial charge in [0.05, 0.1) is 6.04 Å². The summed E-state index contributed by atoms with van der Waals surface area (Å²) in [5.74, 6) is 0. The molecular weight excluding hydrogens is 200 g/mol. The Bertz CT molecular complexity index is 378. The molecule has 2 nitrogen and oxygen atoms in total. The molecule has 0 bridgehead atoms. The van der Waals surface area contributed by atoms with Crippen molar-refractivity contribution in [2.75, 3.05) is 0 Å². The molecule has 13 heavy (non-hydrogen) atoms. The summed E-state index contributed by atoms with van der Waals surface area (Å²) >= 11 is 3.30. The lowest BCUT2D eigenvalue weighted by molar-refractivity contribution is 0.872. The van der Waals surface area contributed by atoms with Crippen LogP contribution < -0.4 is 5.73 Å². The molecular formula is C9H10N2S2. The molecule has 0 amide bonds. The first-order valence-electron chi connectivity index (χ1n) is 3.98. The molecule has 0 aliphatic rings. The SMILES string of the molecule is Cc1csc(C(N)c2cccs2)n1. The third-order valence-corrected chi connectivity index (χ3v) is 3.75. The van der Waals surface area contributed by atoms with Crippen LogP contribution in [-0.4, -0.2) is 4.98 Å². The van der Waals surface area contributed by atoms with Crippen molar-refractivity contribution in [3.63, 3.8) is 0 Å². The fourth-order valence-corrected chi connectivity index (χ4v) is 2.72. The van der Waals surface area contributed by atoms with Crippen LogP contribution in [0.25, 0.3) is 0 Å². The minimum atomic E-state index is -0.0429. The topological polar surface area (TPSA) is 38.9 Å². The van der Waals surface area contributed by atoms with E-state index in [1.807, 2.05) is 29.8 Å². The molecule has 68 valence electrons. The molecule has 2 aromatic heterocycles. The lowest BCUT2D eigenvalue weighted by Crippen LogP contribution is -2.09. The van der Waals surface area contributed by atoms with Gasteiger partial charge in [-0.25, -0.2) is 4.98 Å². The van der Waals surface area contributed by atoms with Gasteiger partial charge in [0.25, 0.3) is 0 Å². The van der Waals surface area contributed by atoms with Gasteiger partial charge in [-0.1, -0.05) is 6.07 Å². The van der Waals surface area contributed by atoms with Gasteiger partial charge in [0.1, 0.15) is 5.01 Å². The second-order valence-electron chi connectivity index (χ2n) is 2.82. The zero-order valence-electron chi connectivity index (χ0n) is 7.23. The maximum absolute atomic E-state index is 6.03. The van der Waals surface area contributed by atoms with Crippen LogP contribution >= 0.6 is 22.7 Å². The predicted octanol–water partition coefficient (Wildman–Crippen LogP) is 2.56. The second-order valence-corrected chi connectivity index (χ2v) is 4.69. The molecule has 0 radical (unpaired) electrons. The first-order chi connectivity index (χ1) is 6.27. The molecule has 0 saturated carbocycles. The van der Waals surface area contributed by atoms with Crippen LogP contribution in [-0.2, 0) is 0 Å². The Balaban J connectivity index is 2.28. The third kappa shape index (κ3) is 1.80. The average molecular weight is 210 g/mol. The summed E-state index contributed by atoms with van der Waals surface area (Å²) in [4.78, 5) is 5.54. The van der Waals surface area contributed by atoms with Crippen LogP contribution in [0.4, 0.5) is 0 Å². The van der Waals surface area contributed by atoms with Crippen LogP contribution in [0.2, 0.25) is 0 Å². The van der Waals surface area contributed by atoms with Crippen molar-refractivity contribution < 1.29 is 0 Å². The quantitative estimate of drug-likeness (QED) is 0.827. The summed E-state index contributed by atoms with van der Waals surface area (Å²) < 4.78 is 0.